The van der Waals surface area contributed by atoms with Gasteiger partial charge in [-0.3, -0.25) is 0 Å². The molecule has 0 bridgehead atoms. The van der Waals surface area contributed by atoms with Crippen LogP contribution in [0, 0.1) is 0 Å². The Hall–Kier alpha value is -3.06. The van der Waals surface area contributed by atoms with Gasteiger partial charge in [0.1, 0.15) is 17.2 Å². The first-order valence-corrected chi connectivity index (χ1v) is 7.65. The third-order valence-corrected chi connectivity index (χ3v) is 4.05. The molecule has 0 unspecified atom stereocenters. The Kier molecular flexibility index (Phi) is 5.15. The number of benzene rings is 3. The van der Waals surface area contributed by atoms with E-state index in [2.05, 4.69) is 0 Å². The molecule has 6 nitrogen and oxygen atoms in total. The van der Waals surface area contributed by atoms with E-state index in [4.69, 9.17) is 32.2 Å². The molecule has 3 aromatic rings. The van der Waals surface area contributed by atoms with Crippen molar-refractivity contribution in [2.45, 2.75) is 5.92 Å². The largest absolute Gasteiger partial charge is 0.412 e. The summed E-state index contributed by atoms with van der Waals surface area (Å²) in [5.41, 5.74) is 3.26. The third kappa shape index (κ3) is 3.72. The van der Waals surface area contributed by atoms with Gasteiger partial charge in [-0.1, -0.05) is 36.4 Å². The quantitative estimate of drug-likeness (QED) is 0.472. The summed E-state index contributed by atoms with van der Waals surface area (Å²) in [7, 11) is 0. The van der Waals surface area contributed by atoms with Crippen LogP contribution in [0.25, 0.3) is 0 Å². The molecule has 6 N–H and O–H groups in total. The van der Waals surface area contributed by atoms with Crippen LogP contribution in [0.4, 0.5) is 0 Å². The van der Waals surface area contributed by atoms with Crippen molar-refractivity contribution in [2.75, 3.05) is 0 Å². The summed E-state index contributed by atoms with van der Waals surface area (Å²) in [6.45, 7) is 0. The zero-order valence-corrected chi connectivity index (χ0v) is 13.5. The van der Waals surface area contributed by atoms with E-state index in [0.717, 1.165) is 16.7 Å². The van der Waals surface area contributed by atoms with Crippen molar-refractivity contribution in [3.8, 4) is 17.2 Å². The van der Waals surface area contributed by atoms with Crippen LogP contribution in [0.3, 0.4) is 0 Å². The first-order valence-electron chi connectivity index (χ1n) is 7.65. The zero-order valence-electron chi connectivity index (χ0n) is 13.5. The Bertz CT molecular complexity index is 690. The minimum Gasteiger partial charge on any atom is -0.412 e. The molecule has 0 amide bonds. The van der Waals surface area contributed by atoms with E-state index < -0.39 is 0 Å². The molecule has 6 heteroatoms. The van der Waals surface area contributed by atoms with Crippen LogP contribution in [-0.2, 0) is 0 Å². The summed E-state index contributed by atoms with van der Waals surface area (Å²) < 4.78 is 0. The molecule has 25 heavy (non-hydrogen) atoms. The van der Waals surface area contributed by atoms with Gasteiger partial charge >= 0.3 is 0 Å². The highest BCUT2D eigenvalue weighted by Gasteiger charge is 2.17. The molecule has 0 spiro atoms. The molecule has 0 aromatic heterocycles. The molecule has 128 valence electrons. The van der Waals surface area contributed by atoms with Gasteiger partial charge in [0.15, 0.2) is 0 Å². The summed E-state index contributed by atoms with van der Waals surface area (Å²) in [6, 6.07) is 22.9. The lowest BCUT2D eigenvalue weighted by molar-refractivity contribution is 0.334. The van der Waals surface area contributed by atoms with Crippen LogP contribution < -0.4 is 32.2 Å². The second kappa shape index (κ2) is 7.67. The fourth-order valence-electron chi connectivity index (χ4n) is 2.79. The van der Waals surface area contributed by atoms with Crippen molar-refractivity contribution in [2.24, 2.45) is 17.7 Å². The molecule has 0 heterocycles. The van der Waals surface area contributed by atoms with Crippen molar-refractivity contribution in [3.05, 3.63) is 89.5 Å². The van der Waals surface area contributed by atoms with Gasteiger partial charge in [-0.2, -0.15) is 17.7 Å². The normalized spacial score (nSPS) is 10.6. The summed E-state index contributed by atoms with van der Waals surface area (Å²) in [6.07, 6.45) is 0. The number of rotatable bonds is 6. The second-order valence-corrected chi connectivity index (χ2v) is 5.49. The highest BCUT2D eigenvalue weighted by Crippen LogP contribution is 2.34. The van der Waals surface area contributed by atoms with Gasteiger partial charge in [-0.05, 0) is 53.1 Å². The van der Waals surface area contributed by atoms with Gasteiger partial charge in [-0.25, -0.2) is 0 Å². The highest BCUT2D eigenvalue weighted by atomic mass is 16.6. The van der Waals surface area contributed by atoms with Gasteiger partial charge in [-0.15, -0.1) is 0 Å². The molecule has 3 aromatic carbocycles. The van der Waals surface area contributed by atoms with E-state index >= 15 is 0 Å². The first-order chi connectivity index (χ1) is 12.2. The average Bonchev–Trinajstić information content (AvgIpc) is 2.70. The molecule has 0 saturated heterocycles. The summed E-state index contributed by atoms with van der Waals surface area (Å²) in [5, 5.41) is 0. The van der Waals surface area contributed by atoms with Gasteiger partial charge in [0.2, 0.25) is 0 Å². The predicted molar refractivity (Wildman–Crippen MR) is 94.7 cm³/mol. The maximum absolute atomic E-state index is 5.21. The van der Waals surface area contributed by atoms with Gasteiger partial charge in [0.05, 0.1) is 0 Å². The first kappa shape index (κ1) is 16.8. The molecule has 0 aliphatic heterocycles. The SMILES string of the molecule is NOc1ccc(C(c2ccc(ON)cc2)c2ccc(ON)cc2)cc1. The molecule has 0 radical (unpaired) electrons. The molecule has 0 fully saturated rings. The monoisotopic (exact) mass is 337 g/mol. The fraction of sp³-hybridized carbons (Fsp3) is 0.0526. The predicted octanol–water partition coefficient (Wildman–Crippen LogP) is 2.62. The van der Waals surface area contributed by atoms with Crippen LogP contribution >= 0.6 is 0 Å². The molecule has 0 atom stereocenters. The smallest absolute Gasteiger partial charge is 0.146 e. The average molecular weight is 337 g/mol. The Morgan fingerprint density at radius 2 is 0.680 bits per heavy atom. The Labute approximate surface area is 145 Å². The van der Waals surface area contributed by atoms with Gasteiger partial charge in [0.25, 0.3) is 0 Å². The van der Waals surface area contributed by atoms with Crippen LogP contribution in [0.1, 0.15) is 22.6 Å². The molecule has 0 aliphatic carbocycles. The number of nitrogens with two attached hydrogens (primary N) is 3. The number of hydrogen-bond donors (Lipinski definition) is 3. The van der Waals surface area contributed by atoms with Crippen molar-refractivity contribution in [1.82, 2.24) is 0 Å². The minimum absolute atomic E-state index is 0.00507. The van der Waals surface area contributed by atoms with Gasteiger partial charge in [0, 0.05) is 5.92 Å². The fourth-order valence-corrected chi connectivity index (χ4v) is 2.79. The second-order valence-electron chi connectivity index (χ2n) is 5.49. The van der Waals surface area contributed by atoms with Gasteiger partial charge < -0.3 is 14.5 Å². The molecular formula is C19H19N3O3. The molecule has 0 aliphatic rings. The minimum atomic E-state index is 0.00507. The molecular weight excluding hydrogens is 318 g/mol. The maximum atomic E-state index is 5.21. The van der Waals surface area contributed by atoms with Crippen molar-refractivity contribution in [1.29, 1.82) is 0 Å². The van der Waals surface area contributed by atoms with Crippen LogP contribution in [0.15, 0.2) is 72.8 Å². The van der Waals surface area contributed by atoms with E-state index in [1.807, 2.05) is 72.8 Å². The van der Waals surface area contributed by atoms with Crippen LogP contribution in [0.2, 0.25) is 0 Å². The third-order valence-electron chi connectivity index (χ3n) is 4.05. The number of hydrogen-bond acceptors (Lipinski definition) is 6. The Balaban J connectivity index is 2.04. The lowest BCUT2D eigenvalue weighted by Crippen LogP contribution is -2.07. The van der Waals surface area contributed by atoms with E-state index in [1.165, 1.54) is 0 Å². The zero-order chi connectivity index (χ0) is 17.6. The summed E-state index contributed by atoms with van der Waals surface area (Å²) in [5.74, 6) is 17.4. The topological polar surface area (TPSA) is 106 Å². The van der Waals surface area contributed by atoms with E-state index in [0.29, 0.717) is 17.2 Å². The lowest BCUT2D eigenvalue weighted by atomic mass is 9.85. The Morgan fingerprint density at radius 1 is 0.440 bits per heavy atom. The lowest BCUT2D eigenvalue weighted by Gasteiger charge is -2.19. The maximum Gasteiger partial charge on any atom is 0.146 e. The summed E-state index contributed by atoms with van der Waals surface area (Å²) in [4.78, 5) is 14.3. The van der Waals surface area contributed by atoms with Crippen LogP contribution in [0.5, 0.6) is 17.2 Å². The van der Waals surface area contributed by atoms with Crippen LogP contribution in [-0.4, -0.2) is 0 Å². The van der Waals surface area contributed by atoms with E-state index in [9.17, 15) is 0 Å². The molecule has 0 saturated carbocycles. The highest BCUT2D eigenvalue weighted by molar-refractivity contribution is 5.46. The van der Waals surface area contributed by atoms with Crippen molar-refractivity contribution < 1.29 is 14.5 Å². The van der Waals surface area contributed by atoms with E-state index in [-0.39, 0.29) is 5.92 Å². The van der Waals surface area contributed by atoms with E-state index in [1.54, 1.807) is 0 Å². The molecule has 3 rings (SSSR count). The van der Waals surface area contributed by atoms with Crippen molar-refractivity contribution >= 4 is 0 Å². The Morgan fingerprint density at radius 3 is 0.880 bits per heavy atom. The standard InChI is InChI=1S/C19H19N3O3/c20-23-16-7-1-13(2-8-16)19(14-3-9-17(24-21)10-4-14)15-5-11-18(25-22)12-6-15/h1-12,19H,20-22H2. The van der Waals surface area contributed by atoms with Crippen molar-refractivity contribution in [3.63, 3.8) is 0 Å². The summed E-state index contributed by atoms with van der Waals surface area (Å²) >= 11 is 0.